The van der Waals surface area contributed by atoms with Crippen molar-refractivity contribution in [3.63, 3.8) is 0 Å². The third kappa shape index (κ3) is 2.41. The summed E-state index contributed by atoms with van der Waals surface area (Å²) < 4.78 is 5.51. The number of thiophene rings is 1. The Morgan fingerprint density at radius 3 is 2.58 bits per heavy atom. The van der Waals surface area contributed by atoms with Gasteiger partial charge < -0.3 is 16.2 Å². The average Bonchev–Trinajstić information content (AvgIpc) is 2.85. The molecule has 1 aromatic heterocycles. The van der Waals surface area contributed by atoms with E-state index < -0.39 is 11.9 Å². The van der Waals surface area contributed by atoms with Crippen molar-refractivity contribution < 1.29 is 14.3 Å². The maximum atomic E-state index is 12.1. The highest BCUT2D eigenvalue weighted by atomic mass is 32.1. The van der Waals surface area contributed by atoms with Crippen LogP contribution in [0.3, 0.4) is 0 Å². The molecule has 1 heterocycles. The second-order valence-electron chi connectivity index (χ2n) is 6.42. The number of primary amides is 2. The Morgan fingerprint density at radius 1 is 1.29 bits per heavy atom. The fourth-order valence-electron chi connectivity index (χ4n) is 3.40. The van der Waals surface area contributed by atoms with E-state index in [2.05, 4.69) is 19.2 Å². The molecule has 0 radical (unpaired) electrons. The van der Waals surface area contributed by atoms with E-state index >= 15 is 0 Å². The molecular weight excluding hydrogens is 326 g/mol. The number of benzene rings is 1. The van der Waals surface area contributed by atoms with Gasteiger partial charge in [-0.25, -0.2) is 4.79 Å². The maximum absolute atomic E-state index is 12.1. The number of fused-ring (bicyclic) bond motifs is 3. The molecule has 0 unspecified atom stereocenters. The smallest absolute Gasteiger partial charge is 0.317 e. The van der Waals surface area contributed by atoms with Crippen LogP contribution in [0.1, 0.15) is 35.3 Å². The molecule has 7 heteroatoms. The summed E-state index contributed by atoms with van der Waals surface area (Å²) in [4.78, 5) is 24.3. The first-order valence-corrected chi connectivity index (χ1v) is 8.27. The van der Waals surface area contributed by atoms with E-state index in [1.54, 1.807) is 7.11 Å². The van der Waals surface area contributed by atoms with Crippen LogP contribution in [0.4, 0.5) is 9.80 Å². The van der Waals surface area contributed by atoms with Crippen LogP contribution in [0, 0.1) is 0 Å². The van der Waals surface area contributed by atoms with Crippen LogP contribution < -0.4 is 21.5 Å². The number of hydrogen-bond acceptors (Lipinski definition) is 4. The SMILES string of the molecule is COc1cccc2c1-c1sc(NC(N)=O)c(C(N)=O)c1C(C)(C)C2. The highest BCUT2D eigenvalue weighted by Gasteiger charge is 2.39. The second-order valence-corrected chi connectivity index (χ2v) is 7.44. The van der Waals surface area contributed by atoms with Crippen LogP contribution in [0.25, 0.3) is 10.4 Å². The molecule has 3 amide bonds. The molecule has 0 saturated carbocycles. The Morgan fingerprint density at radius 2 is 2.00 bits per heavy atom. The summed E-state index contributed by atoms with van der Waals surface area (Å²) in [6, 6.07) is 5.15. The largest absolute Gasteiger partial charge is 0.496 e. The zero-order valence-electron chi connectivity index (χ0n) is 13.7. The van der Waals surface area contributed by atoms with Crippen LogP contribution in [-0.2, 0) is 11.8 Å². The molecule has 5 N–H and O–H groups in total. The van der Waals surface area contributed by atoms with Gasteiger partial charge in [-0.2, -0.15) is 0 Å². The van der Waals surface area contributed by atoms with Crippen molar-refractivity contribution in [1.82, 2.24) is 0 Å². The van der Waals surface area contributed by atoms with E-state index in [9.17, 15) is 9.59 Å². The third-order valence-electron chi connectivity index (χ3n) is 4.26. The Balaban J connectivity index is 2.37. The van der Waals surface area contributed by atoms with Crippen molar-refractivity contribution in [2.24, 2.45) is 11.5 Å². The summed E-state index contributed by atoms with van der Waals surface area (Å²) in [5.74, 6) is 0.148. The van der Waals surface area contributed by atoms with E-state index in [4.69, 9.17) is 16.2 Å². The van der Waals surface area contributed by atoms with Gasteiger partial charge >= 0.3 is 6.03 Å². The third-order valence-corrected chi connectivity index (χ3v) is 5.38. The van der Waals surface area contributed by atoms with Crippen LogP contribution in [0.15, 0.2) is 18.2 Å². The van der Waals surface area contributed by atoms with Crippen molar-refractivity contribution in [2.45, 2.75) is 25.7 Å². The van der Waals surface area contributed by atoms with Crippen LogP contribution in [-0.4, -0.2) is 19.0 Å². The predicted octanol–water partition coefficient (Wildman–Crippen LogP) is 2.85. The lowest BCUT2D eigenvalue weighted by molar-refractivity contribution is 0.0999. The van der Waals surface area contributed by atoms with E-state index in [0.29, 0.717) is 10.6 Å². The Labute approximate surface area is 143 Å². The zero-order chi connectivity index (χ0) is 17.6. The first kappa shape index (κ1) is 16.3. The van der Waals surface area contributed by atoms with Gasteiger partial charge in [0.1, 0.15) is 10.8 Å². The number of urea groups is 1. The highest BCUT2D eigenvalue weighted by molar-refractivity contribution is 7.20. The minimum Gasteiger partial charge on any atom is -0.496 e. The molecule has 2 aromatic rings. The molecule has 3 rings (SSSR count). The van der Waals surface area contributed by atoms with Gasteiger partial charge in [-0.3, -0.25) is 10.1 Å². The number of rotatable bonds is 3. The van der Waals surface area contributed by atoms with Crippen molar-refractivity contribution in [3.05, 3.63) is 34.9 Å². The van der Waals surface area contributed by atoms with E-state index in [-0.39, 0.29) is 5.41 Å². The van der Waals surface area contributed by atoms with Gasteiger partial charge in [0.15, 0.2) is 0 Å². The summed E-state index contributed by atoms with van der Waals surface area (Å²) in [6.07, 6.45) is 0.736. The minimum absolute atomic E-state index is 0.312. The molecular formula is C17H19N3O3S. The molecule has 1 aromatic carbocycles. The topological polar surface area (TPSA) is 107 Å². The number of hydrogen-bond donors (Lipinski definition) is 3. The van der Waals surface area contributed by atoms with Crippen molar-refractivity contribution in [3.8, 4) is 16.2 Å². The normalized spacial score (nSPS) is 14.5. The minimum atomic E-state index is -0.728. The van der Waals surface area contributed by atoms with E-state index in [0.717, 1.165) is 33.7 Å². The average molecular weight is 345 g/mol. The van der Waals surface area contributed by atoms with Gasteiger partial charge in [-0.05, 0) is 29.0 Å². The van der Waals surface area contributed by atoms with Gasteiger partial charge in [0.05, 0.1) is 12.7 Å². The number of carbonyl (C=O) groups is 2. The second kappa shape index (κ2) is 5.52. The molecule has 1 aliphatic rings. The molecule has 0 saturated heterocycles. The standard InChI is InChI=1S/C17H19N3O3S/c1-17(2)7-8-5-4-6-9(23-3)10(8)13-12(17)11(14(18)21)15(24-13)20-16(19)22/h4-6H,7H2,1-3H3,(H2,18,21)(H3,19,20,22). The fraction of sp³-hybridized carbons (Fsp3) is 0.294. The molecule has 0 atom stereocenters. The summed E-state index contributed by atoms with van der Waals surface area (Å²) in [5.41, 5.74) is 13.8. The quantitative estimate of drug-likeness (QED) is 0.796. The van der Waals surface area contributed by atoms with Gasteiger partial charge in [-0.15, -0.1) is 11.3 Å². The zero-order valence-corrected chi connectivity index (χ0v) is 14.5. The molecule has 126 valence electrons. The molecule has 0 spiro atoms. The van der Waals surface area contributed by atoms with Crippen molar-refractivity contribution in [2.75, 3.05) is 12.4 Å². The Bertz CT molecular complexity index is 855. The first-order valence-electron chi connectivity index (χ1n) is 7.46. The van der Waals surface area contributed by atoms with Crippen LogP contribution >= 0.6 is 11.3 Å². The van der Waals surface area contributed by atoms with Gasteiger partial charge in [-0.1, -0.05) is 26.0 Å². The Kier molecular flexibility index (Phi) is 3.76. The molecule has 24 heavy (non-hydrogen) atoms. The summed E-state index contributed by atoms with van der Waals surface area (Å²) in [7, 11) is 1.61. The van der Waals surface area contributed by atoms with Gasteiger partial charge in [0.25, 0.3) is 5.91 Å². The van der Waals surface area contributed by atoms with E-state index in [1.165, 1.54) is 11.3 Å². The fourth-order valence-corrected chi connectivity index (χ4v) is 4.88. The molecule has 0 fully saturated rings. The Hall–Kier alpha value is -2.54. The molecule has 0 aliphatic heterocycles. The maximum Gasteiger partial charge on any atom is 0.317 e. The van der Waals surface area contributed by atoms with E-state index in [1.807, 2.05) is 18.2 Å². The van der Waals surface area contributed by atoms with Crippen LogP contribution in [0.5, 0.6) is 5.75 Å². The number of methoxy groups -OCH3 is 1. The van der Waals surface area contributed by atoms with Crippen LogP contribution in [0.2, 0.25) is 0 Å². The van der Waals surface area contributed by atoms with Crippen molar-refractivity contribution >= 4 is 28.3 Å². The lowest BCUT2D eigenvalue weighted by atomic mass is 9.71. The van der Waals surface area contributed by atoms with Gasteiger partial charge in [0, 0.05) is 10.4 Å². The number of ether oxygens (including phenoxy) is 1. The monoisotopic (exact) mass is 345 g/mol. The van der Waals surface area contributed by atoms with Crippen molar-refractivity contribution in [1.29, 1.82) is 0 Å². The lowest BCUT2D eigenvalue weighted by Gasteiger charge is -2.33. The number of nitrogens with two attached hydrogens (primary N) is 2. The number of nitrogens with one attached hydrogen (secondary N) is 1. The van der Waals surface area contributed by atoms with Gasteiger partial charge in [0.2, 0.25) is 0 Å². The predicted molar refractivity (Wildman–Crippen MR) is 94.8 cm³/mol. The summed E-state index contributed by atoms with van der Waals surface area (Å²) >= 11 is 1.30. The number of amides is 3. The summed E-state index contributed by atoms with van der Waals surface area (Å²) in [6.45, 7) is 4.11. The lowest BCUT2D eigenvalue weighted by Crippen LogP contribution is -2.29. The molecule has 1 aliphatic carbocycles. The molecule has 0 bridgehead atoms. The summed E-state index contributed by atoms with van der Waals surface area (Å²) in [5, 5.41) is 2.92. The number of carbonyl (C=O) groups excluding carboxylic acids is 2. The first-order chi connectivity index (χ1) is 11.3. The number of anilines is 1. The highest BCUT2D eigenvalue weighted by Crippen LogP contribution is 2.53. The molecule has 6 nitrogen and oxygen atoms in total.